The molecule has 0 spiro atoms. The van der Waals surface area contributed by atoms with Crippen LogP contribution in [0.5, 0.6) is 0 Å². The third kappa shape index (κ3) is 3.40. The molecule has 2 rings (SSSR count). The Morgan fingerprint density at radius 2 is 1.76 bits per heavy atom. The first kappa shape index (κ1) is 15.5. The molecule has 112 valence electrons. The van der Waals surface area contributed by atoms with Crippen LogP contribution in [0.1, 0.15) is 18.1 Å². The van der Waals surface area contributed by atoms with E-state index in [1.807, 2.05) is 31.2 Å². The fraction of sp³-hybridized carbons (Fsp3) is 0.200. The summed E-state index contributed by atoms with van der Waals surface area (Å²) in [5, 5.41) is 0. The number of nitrogens with one attached hydrogen (secondary N) is 1. The van der Waals surface area contributed by atoms with Gasteiger partial charge in [0.1, 0.15) is 10.7 Å². The predicted molar refractivity (Wildman–Crippen MR) is 80.7 cm³/mol. The van der Waals surface area contributed by atoms with Gasteiger partial charge in [0.25, 0.3) is 0 Å². The van der Waals surface area contributed by atoms with E-state index in [1.165, 1.54) is 12.1 Å². The highest BCUT2D eigenvalue weighted by atomic mass is 32.2. The summed E-state index contributed by atoms with van der Waals surface area (Å²) in [6.07, 6.45) is 0.791. The summed E-state index contributed by atoms with van der Waals surface area (Å²) in [7, 11) is -3.99. The van der Waals surface area contributed by atoms with Crippen molar-refractivity contribution in [3.05, 3.63) is 59.4 Å². The molecular weight excluding hydrogens is 291 g/mol. The van der Waals surface area contributed by atoms with Crippen molar-refractivity contribution < 1.29 is 12.8 Å². The second-order valence-electron chi connectivity index (χ2n) is 4.61. The number of halogens is 1. The Labute approximate surface area is 123 Å². The Bertz CT molecular complexity index is 725. The van der Waals surface area contributed by atoms with Gasteiger partial charge in [-0.3, -0.25) is 0 Å². The molecule has 2 aromatic rings. The molecular formula is C15H17FN2O2S. The quantitative estimate of drug-likeness (QED) is 0.833. The normalized spacial score (nSPS) is 11.5. The Kier molecular flexibility index (Phi) is 4.59. The summed E-state index contributed by atoms with van der Waals surface area (Å²) in [6, 6.07) is 11.3. The molecule has 0 heterocycles. The lowest BCUT2D eigenvalue weighted by Gasteiger charge is -2.12. The molecule has 0 unspecified atom stereocenters. The Hall–Kier alpha value is -1.92. The van der Waals surface area contributed by atoms with Gasteiger partial charge in [0.05, 0.1) is 5.69 Å². The smallest absolute Gasteiger partial charge is 0.245 e. The highest BCUT2D eigenvalue weighted by molar-refractivity contribution is 7.89. The van der Waals surface area contributed by atoms with Gasteiger partial charge in [-0.2, -0.15) is 0 Å². The van der Waals surface area contributed by atoms with Crippen LogP contribution in [-0.2, 0) is 23.0 Å². The average Bonchev–Trinajstić information content (AvgIpc) is 2.45. The molecule has 2 aromatic carbocycles. The molecule has 0 aromatic heterocycles. The first-order chi connectivity index (χ1) is 9.95. The van der Waals surface area contributed by atoms with E-state index in [-0.39, 0.29) is 12.2 Å². The maximum Gasteiger partial charge on any atom is 0.245 e. The lowest BCUT2D eigenvalue weighted by molar-refractivity contribution is 0.558. The van der Waals surface area contributed by atoms with Gasteiger partial charge in [0.2, 0.25) is 10.0 Å². The molecule has 0 amide bonds. The van der Waals surface area contributed by atoms with Gasteiger partial charge in [-0.15, -0.1) is 0 Å². The molecule has 0 atom stereocenters. The second kappa shape index (κ2) is 6.24. The topological polar surface area (TPSA) is 72.2 Å². The largest absolute Gasteiger partial charge is 0.398 e. The fourth-order valence-corrected chi connectivity index (χ4v) is 3.32. The van der Waals surface area contributed by atoms with Crippen molar-refractivity contribution in [2.75, 3.05) is 5.73 Å². The number of nitrogen functional groups attached to an aromatic ring is 1. The third-order valence-electron chi connectivity index (χ3n) is 3.22. The molecule has 0 aliphatic heterocycles. The van der Waals surface area contributed by atoms with Gasteiger partial charge in [0, 0.05) is 6.54 Å². The van der Waals surface area contributed by atoms with Crippen LogP contribution in [0.25, 0.3) is 0 Å². The Morgan fingerprint density at radius 1 is 1.10 bits per heavy atom. The van der Waals surface area contributed by atoms with Crippen LogP contribution in [0.4, 0.5) is 10.1 Å². The number of hydrogen-bond donors (Lipinski definition) is 2. The van der Waals surface area contributed by atoms with Gasteiger partial charge < -0.3 is 5.73 Å². The highest BCUT2D eigenvalue weighted by Crippen LogP contribution is 2.21. The molecule has 6 heteroatoms. The number of benzene rings is 2. The van der Waals surface area contributed by atoms with Crippen molar-refractivity contribution in [2.45, 2.75) is 24.8 Å². The van der Waals surface area contributed by atoms with E-state index in [0.717, 1.165) is 23.6 Å². The molecule has 21 heavy (non-hydrogen) atoms. The average molecular weight is 308 g/mol. The molecule has 3 N–H and O–H groups in total. The van der Waals surface area contributed by atoms with Crippen LogP contribution in [0.3, 0.4) is 0 Å². The van der Waals surface area contributed by atoms with Crippen molar-refractivity contribution in [3.8, 4) is 0 Å². The summed E-state index contributed by atoms with van der Waals surface area (Å²) in [6.45, 7) is 2.09. The monoisotopic (exact) mass is 308 g/mol. The second-order valence-corrected chi connectivity index (χ2v) is 6.31. The summed E-state index contributed by atoms with van der Waals surface area (Å²) in [5.41, 5.74) is 7.37. The number of aryl methyl sites for hydroxylation is 1. The van der Waals surface area contributed by atoms with Crippen molar-refractivity contribution in [1.82, 2.24) is 4.72 Å². The Balaban J connectivity index is 2.27. The zero-order chi connectivity index (χ0) is 15.5. The molecule has 0 saturated carbocycles. The van der Waals surface area contributed by atoms with Gasteiger partial charge >= 0.3 is 0 Å². The van der Waals surface area contributed by atoms with E-state index in [0.29, 0.717) is 0 Å². The lowest BCUT2D eigenvalue weighted by Crippen LogP contribution is -2.25. The zero-order valence-electron chi connectivity index (χ0n) is 11.6. The number of sulfonamides is 1. The number of nitrogens with two attached hydrogens (primary N) is 1. The van der Waals surface area contributed by atoms with E-state index in [9.17, 15) is 12.8 Å². The van der Waals surface area contributed by atoms with Crippen molar-refractivity contribution in [1.29, 1.82) is 0 Å². The minimum absolute atomic E-state index is 0.0973. The highest BCUT2D eigenvalue weighted by Gasteiger charge is 2.22. The lowest BCUT2D eigenvalue weighted by atomic mass is 10.1. The van der Waals surface area contributed by atoms with Crippen LogP contribution in [0.2, 0.25) is 0 Å². The van der Waals surface area contributed by atoms with E-state index in [1.54, 1.807) is 0 Å². The predicted octanol–water partition coefficient (Wildman–Crippen LogP) is 2.45. The van der Waals surface area contributed by atoms with Gasteiger partial charge in [-0.05, 0) is 29.7 Å². The fourth-order valence-electron chi connectivity index (χ4n) is 2.13. The van der Waals surface area contributed by atoms with Gasteiger partial charge in [-0.25, -0.2) is 17.5 Å². The van der Waals surface area contributed by atoms with Crippen molar-refractivity contribution in [2.24, 2.45) is 0 Å². The molecule has 4 nitrogen and oxygen atoms in total. The van der Waals surface area contributed by atoms with Gasteiger partial charge in [-0.1, -0.05) is 37.3 Å². The molecule has 0 aliphatic rings. The first-order valence-corrected chi connectivity index (χ1v) is 8.04. The van der Waals surface area contributed by atoms with E-state index in [4.69, 9.17) is 5.73 Å². The van der Waals surface area contributed by atoms with Crippen LogP contribution in [-0.4, -0.2) is 8.42 Å². The Morgan fingerprint density at radius 3 is 2.38 bits per heavy atom. The summed E-state index contributed by atoms with van der Waals surface area (Å²) >= 11 is 0. The number of hydrogen-bond acceptors (Lipinski definition) is 3. The van der Waals surface area contributed by atoms with Gasteiger partial charge in [0.15, 0.2) is 0 Å². The standard InChI is InChI=1S/C15H17FN2O2S/c1-2-11-6-3-4-7-12(11)10-18-21(19,20)15-13(16)8-5-9-14(15)17/h3-9,18H,2,10,17H2,1H3. The molecule has 0 aliphatic carbocycles. The van der Waals surface area contributed by atoms with Crippen LogP contribution >= 0.6 is 0 Å². The van der Waals surface area contributed by atoms with Crippen LogP contribution in [0.15, 0.2) is 47.4 Å². The maximum atomic E-state index is 13.7. The minimum Gasteiger partial charge on any atom is -0.398 e. The van der Waals surface area contributed by atoms with Crippen molar-refractivity contribution >= 4 is 15.7 Å². The van der Waals surface area contributed by atoms with Crippen LogP contribution in [0, 0.1) is 5.82 Å². The number of rotatable bonds is 5. The minimum atomic E-state index is -3.99. The maximum absolute atomic E-state index is 13.7. The van der Waals surface area contributed by atoms with E-state index in [2.05, 4.69) is 4.72 Å². The van der Waals surface area contributed by atoms with E-state index >= 15 is 0 Å². The first-order valence-electron chi connectivity index (χ1n) is 6.56. The molecule has 0 fully saturated rings. The summed E-state index contributed by atoms with van der Waals surface area (Å²) in [4.78, 5) is -0.501. The summed E-state index contributed by atoms with van der Waals surface area (Å²) in [5.74, 6) is -0.855. The van der Waals surface area contributed by atoms with Crippen molar-refractivity contribution in [3.63, 3.8) is 0 Å². The van der Waals surface area contributed by atoms with E-state index < -0.39 is 20.7 Å². The molecule has 0 radical (unpaired) electrons. The van der Waals surface area contributed by atoms with Crippen LogP contribution < -0.4 is 10.5 Å². The zero-order valence-corrected chi connectivity index (χ0v) is 12.5. The molecule has 0 saturated heterocycles. The summed E-state index contributed by atoms with van der Waals surface area (Å²) < 4.78 is 40.5. The SMILES string of the molecule is CCc1ccccc1CNS(=O)(=O)c1c(N)cccc1F. The molecule has 0 bridgehead atoms. The number of anilines is 1. The third-order valence-corrected chi connectivity index (χ3v) is 4.71.